The van der Waals surface area contributed by atoms with Crippen LogP contribution in [-0.4, -0.2) is 19.9 Å². The summed E-state index contributed by atoms with van der Waals surface area (Å²) in [6.45, 7) is 1.98. The summed E-state index contributed by atoms with van der Waals surface area (Å²) in [5.41, 5.74) is 2.02. The molecular weight excluding hydrogens is 371 g/mol. The number of rotatable bonds is 3. The Labute approximate surface area is 157 Å². The summed E-state index contributed by atoms with van der Waals surface area (Å²) in [6, 6.07) is 13.1. The summed E-state index contributed by atoms with van der Waals surface area (Å²) >= 11 is 5.79. The third-order valence-corrected chi connectivity index (χ3v) is 4.20. The molecule has 0 amide bonds. The van der Waals surface area contributed by atoms with Crippen LogP contribution in [0.1, 0.15) is 5.56 Å². The summed E-state index contributed by atoms with van der Waals surface area (Å²) < 4.78 is 20.1. The lowest BCUT2D eigenvalue weighted by Crippen LogP contribution is -2.12. The normalized spacial score (nSPS) is 10.9. The fourth-order valence-electron chi connectivity index (χ4n) is 2.47. The smallest absolute Gasteiger partial charge is 0.282 e. The average Bonchev–Trinajstić information content (AvgIpc) is 3.15. The van der Waals surface area contributed by atoms with Crippen molar-refractivity contribution in [3.63, 3.8) is 0 Å². The van der Waals surface area contributed by atoms with Gasteiger partial charge >= 0.3 is 0 Å². The maximum Gasteiger partial charge on any atom is 0.282 e. The molecule has 134 valence electrons. The van der Waals surface area contributed by atoms with E-state index in [0.29, 0.717) is 5.56 Å². The van der Waals surface area contributed by atoms with Gasteiger partial charge < -0.3 is 4.52 Å². The first-order chi connectivity index (χ1) is 13.0. The second-order valence-corrected chi connectivity index (χ2v) is 6.27. The van der Waals surface area contributed by atoms with E-state index in [1.54, 1.807) is 10.9 Å². The summed E-state index contributed by atoms with van der Waals surface area (Å²) in [5, 5.41) is 8.08. The lowest BCUT2D eigenvalue weighted by molar-refractivity contribution is 0.429. The summed E-state index contributed by atoms with van der Waals surface area (Å²) in [7, 11) is 0. The first-order valence-corrected chi connectivity index (χ1v) is 8.35. The van der Waals surface area contributed by atoms with Crippen molar-refractivity contribution in [1.82, 2.24) is 19.9 Å². The molecule has 0 radical (unpaired) electrons. The molecule has 0 aliphatic carbocycles. The van der Waals surface area contributed by atoms with E-state index in [-0.39, 0.29) is 27.9 Å². The number of benzene rings is 2. The third kappa shape index (κ3) is 3.37. The van der Waals surface area contributed by atoms with E-state index in [1.165, 1.54) is 24.3 Å². The van der Waals surface area contributed by atoms with Crippen LogP contribution in [-0.2, 0) is 0 Å². The van der Waals surface area contributed by atoms with Crippen LogP contribution < -0.4 is 5.43 Å². The van der Waals surface area contributed by atoms with Gasteiger partial charge in [-0.2, -0.15) is 10.1 Å². The zero-order chi connectivity index (χ0) is 19.0. The molecule has 27 heavy (non-hydrogen) atoms. The van der Waals surface area contributed by atoms with E-state index in [0.717, 1.165) is 11.3 Å². The summed E-state index contributed by atoms with van der Waals surface area (Å²) in [4.78, 5) is 16.4. The van der Waals surface area contributed by atoms with Gasteiger partial charge in [-0.1, -0.05) is 34.5 Å². The highest BCUT2D eigenvalue weighted by molar-refractivity contribution is 6.31. The molecule has 2 aromatic carbocycles. The van der Waals surface area contributed by atoms with Crippen molar-refractivity contribution in [3.8, 4) is 28.7 Å². The number of aryl methyl sites for hydroxylation is 1. The summed E-state index contributed by atoms with van der Waals surface area (Å²) in [5.74, 6) is -0.398. The van der Waals surface area contributed by atoms with Gasteiger partial charge in [-0.15, -0.1) is 0 Å². The second-order valence-electron chi connectivity index (χ2n) is 5.86. The minimum Gasteiger partial charge on any atom is -0.332 e. The second kappa shape index (κ2) is 6.77. The van der Waals surface area contributed by atoms with Crippen LogP contribution >= 0.6 is 11.6 Å². The zero-order valence-electron chi connectivity index (χ0n) is 14.1. The molecule has 4 rings (SSSR count). The van der Waals surface area contributed by atoms with Crippen LogP contribution in [0.2, 0.25) is 5.02 Å². The van der Waals surface area contributed by atoms with Crippen LogP contribution in [0.5, 0.6) is 0 Å². The Kier molecular flexibility index (Phi) is 4.29. The molecule has 0 spiro atoms. The number of aromatic nitrogens is 4. The summed E-state index contributed by atoms with van der Waals surface area (Å²) in [6.07, 6.45) is 1.56. The molecule has 2 heterocycles. The Hall–Kier alpha value is -3.32. The highest BCUT2D eigenvalue weighted by Crippen LogP contribution is 2.24. The molecule has 0 saturated carbocycles. The molecule has 0 atom stereocenters. The topological polar surface area (TPSA) is 73.8 Å². The zero-order valence-corrected chi connectivity index (χ0v) is 14.8. The van der Waals surface area contributed by atoms with Crippen molar-refractivity contribution >= 4 is 11.6 Å². The van der Waals surface area contributed by atoms with Crippen molar-refractivity contribution in [1.29, 1.82) is 0 Å². The molecule has 0 fully saturated rings. The van der Waals surface area contributed by atoms with E-state index in [2.05, 4.69) is 15.2 Å². The Morgan fingerprint density at radius 1 is 1.11 bits per heavy atom. The molecule has 0 saturated heterocycles. The van der Waals surface area contributed by atoms with E-state index < -0.39 is 5.82 Å². The van der Waals surface area contributed by atoms with Gasteiger partial charge in [0.05, 0.1) is 10.7 Å². The minimum atomic E-state index is -0.546. The highest BCUT2D eigenvalue weighted by atomic mass is 35.5. The van der Waals surface area contributed by atoms with Crippen LogP contribution in [0.25, 0.3) is 28.7 Å². The van der Waals surface area contributed by atoms with Crippen molar-refractivity contribution in [2.45, 2.75) is 6.92 Å². The maximum absolute atomic E-state index is 13.3. The molecule has 2 aromatic heterocycles. The van der Waals surface area contributed by atoms with E-state index in [1.807, 2.05) is 31.2 Å². The Bertz CT molecular complexity index is 1190. The molecule has 8 heteroatoms. The van der Waals surface area contributed by atoms with Crippen LogP contribution in [0.15, 0.2) is 64.0 Å². The molecule has 0 aliphatic rings. The van der Waals surface area contributed by atoms with E-state index in [4.69, 9.17) is 16.1 Å². The van der Waals surface area contributed by atoms with E-state index >= 15 is 0 Å². The van der Waals surface area contributed by atoms with E-state index in [9.17, 15) is 9.18 Å². The number of hydrogen-bond donors (Lipinski definition) is 0. The van der Waals surface area contributed by atoms with Crippen LogP contribution in [0.3, 0.4) is 0 Å². The van der Waals surface area contributed by atoms with Gasteiger partial charge in [-0.25, -0.2) is 9.07 Å². The minimum absolute atomic E-state index is 0.0185. The van der Waals surface area contributed by atoms with Gasteiger partial charge in [-0.3, -0.25) is 4.79 Å². The quantitative estimate of drug-likeness (QED) is 0.534. The molecule has 0 unspecified atom stereocenters. The standard InChI is InChI=1S/C19H12ClFN4O2/c1-11-2-5-13(6-3-11)25-9-8-16(26)17(23-25)19-22-18(24-27-19)12-4-7-15(21)14(20)10-12/h2-10H,1H3. The number of halogens is 2. The largest absolute Gasteiger partial charge is 0.332 e. The fourth-order valence-corrected chi connectivity index (χ4v) is 2.65. The van der Waals surface area contributed by atoms with Gasteiger partial charge in [0.25, 0.3) is 5.89 Å². The fraction of sp³-hybridized carbons (Fsp3) is 0.0526. The number of nitrogens with zero attached hydrogens (tertiary/aromatic N) is 4. The van der Waals surface area contributed by atoms with Crippen molar-refractivity contribution < 1.29 is 8.91 Å². The lowest BCUT2D eigenvalue weighted by atomic mass is 10.2. The van der Waals surface area contributed by atoms with Crippen LogP contribution in [0, 0.1) is 12.7 Å². The Morgan fingerprint density at radius 3 is 2.63 bits per heavy atom. The first kappa shape index (κ1) is 17.1. The SMILES string of the molecule is Cc1ccc(-n2ccc(=O)c(-c3nc(-c4ccc(F)c(Cl)c4)no3)n2)cc1. The Balaban J connectivity index is 1.74. The highest BCUT2D eigenvalue weighted by Gasteiger charge is 2.16. The van der Waals surface area contributed by atoms with Gasteiger partial charge in [0.15, 0.2) is 5.69 Å². The van der Waals surface area contributed by atoms with Crippen molar-refractivity contribution in [2.75, 3.05) is 0 Å². The third-order valence-electron chi connectivity index (χ3n) is 3.91. The Morgan fingerprint density at radius 2 is 1.89 bits per heavy atom. The van der Waals surface area contributed by atoms with Crippen LogP contribution in [0.4, 0.5) is 4.39 Å². The molecule has 0 bridgehead atoms. The van der Waals surface area contributed by atoms with Crippen molar-refractivity contribution in [3.05, 3.63) is 81.4 Å². The molecule has 4 aromatic rings. The monoisotopic (exact) mass is 382 g/mol. The van der Waals surface area contributed by atoms with Gasteiger partial charge in [-0.05, 0) is 37.3 Å². The van der Waals surface area contributed by atoms with Crippen molar-refractivity contribution in [2.24, 2.45) is 0 Å². The lowest BCUT2D eigenvalue weighted by Gasteiger charge is -2.05. The predicted molar refractivity (Wildman–Crippen MR) is 98.3 cm³/mol. The molecule has 6 nitrogen and oxygen atoms in total. The van der Waals surface area contributed by atoms with Gasteiger partial charge in [0.1, 0.15) is 5.82 Å². The average molecular weight is 383 g/mol. The maximum atomic E-state index is 13.3. The molecular formula is C19H12ClFN4O2. The first-order valence-electron chi connectivity index (χ1n) is 7.98. The van der Waals surface area contributed by atoms with Gasteiger partial charge in [0.2, 0.25) is 11.3 Å². The number of hydrogen-bond acceptors (Lipinski definition) is 5. The molecule has 0 aliphatic heterocycles. The predicted octanol–water partition coefficient (Wildman–Crippen LogP) is 4.05. The van der Waals surface area contributed by atoms with Gasteiger partial charge in [0, 0.05) is 17.8 Å². The molecule has 0 N–H and O–H groups in total.